The predicted octanol–water partition coefficient (Wildman–Crippen LogP) is 2.64. The number of anilines is 1. The molecule has 0 heterocycles. The van der Waals surface area contributed by atoms with Crippen LogP contribution in [0.4, 0.5) is 11.4 Å². The molecule has 118 valence electrons. The Morgan fingerprint density at radius 2 is 1.96 bits per heavy atom. The Morgan fingerprint density at radius 1 is 1.26 bits per heavy atom. The minimum absolute atomic E-state index is 0.0903. The normalized spacial score (nSPS) is 9.96. The Balaban J connectivity index is 2.29. The fraction of sp³-hybridized carbons (Fsp3) is 0. The average molecular weight is 351 g/mol. The molecular formula is C14H11ClN4O3S. The van der Waals surface area contributed by atoms with Crippen molar-refractivity contribution in [3.8, 4) is 0 Å². The van der Waals surface area contributed by atoms with Gasteiger partial charge in [0.05, 0.1) is 15.6 Å². The van der Waals surface area contributed by atoms with Crippen LogP contribution in [0.5, 0.6) is 0 Å². The van der Waals surface area contributed by atoms with E-state index in [4.69, 9.17) is 29.6 Å². The zero-order valence-corrected chi connectivity index (χ0v) is 13.2. The molecule has 0 unspecified atom stereocenters. The number of rotatable bonds is 3. The van der Waals surface area contributed by atoms with Gasteiger partial charge in [-0.1, -0.05) is 29.8 Å². The van der Waals surface area contributed by atoms with Crippen LogP contribution in [-0.2, 0) is 0 Å². The van der Waals surface area contributed by atoms with Gasteiger partial charge in [0, 0.05) is 17.7 Å². The maximum absolute atomic E-state index is 12.3. The number of nitrogens with two attached hydrogens (primary N) is 1. The monoisotopic (exact) mass is 350 g/mol. The van der Waals surface area contributed by atoms with Gasteiger partial charge in [-0.3, -0.25) is 20.3 Å². The molecule has 0 radical (unpaired) electrons. The van der Waals surface area contributed by atoms with Crippen molar-refractivity contribution in [2.75, 3.05) is 5.01 Å². The summed E-state index contributed by atoms with van der Waals surface area (Å²) in [6.07, 6.45) is 0. The Kier molecular flexibility index (Phi) is 5.09. The summed E-state index contributed by atoms with van der Waals surface area (Å²) in [4.78, 5) is 22.5. The Bertz CT molecular complexity index is 784. The van der Waals surface area contributed by atoms with Gasteiger partial charge >= 0.3 is 0 Å². The van der Waals surface area contributed by atoms with E-state index in [1.165, 1.54) is 18.2 Å². The molecule has 3 N–H and O–H groups in total. The van der Waals surface area contributed by atoms with Gasteiger partial charge in [0.15, 0.2) is 5.11 Å². The molecule has 23 heavy (non-hydrogen) atoms. The molecule has 0 fully saturated rings. The molecule has 9 heteroatoms. The first-order chi connectivity index (χ1) is 10.9. The van der Waals surface area contributed by atoms with Gasteiger partial charge in [0.2, 0.25) is 0 Å². The van der Waals surface area contributed by atoms with E-state index in [-0.39, 0.29) is 16.4 Å². The van der Waals surface area contributed by atoms with Crippen molar-refractivity contribution in [1.29, 1.82) is 0 Å². The number of carbonyl (C=O) groups excluding carboxylic acids is 1. The molecule has 0 spiro atoms. The smallest absolute Gasteiger partial charge is 0.270 e. The first kappa shape index (κ1) is 16.7. The highest BCUT2D eigenvalue weighted by molar-refractivity contribution is 7.80. The van der Waals surface area contributed by atoms with Crippen molar-refractivity contribution in [2.24, 2.45) is 5.73 Å². The molecule has 2 aromatic carbocycles. The second-order valence-electron chi connectivity index (χ2n) is 4.37. The number of nitro groups is 1. The zero-order chi connectivity index (χ0) is 17.0. The summed E-state index contributed by atoms with van der Waals surface area (Å²) in [6, 6.07) is 11.9. The molecular weight excluding hydrogens is 340 g/mol. The molecule has 0 aliphatic rings. The van der Waals surface area contributed by atoms with E-state index in [1.807, 2.05) is 0 Å². The molecule has 0 aromatic heterocycles. The van der Waals surface area contributed by atoms with Crippen LogP contribution in [-0.4, -0.2) is 15.9 Å². The van der Waals surface area contributed by atoms with Crippen LogP contribution in [0.3, 0.4) is 0 Å². The zero-order valence-electron chi connectivity index (χ0n) is 11.6. The SMILES string of the molecule is NC(=S)N(NC(=O)c1cccc([N+](=O)[O-])c1)c1ccccc1Cl. The number of benzene rings is 2. The summed E-state index contributed by atoms with van der Waals surface area (Å²) in [5.41, 5.74) is 8.38. The summed E-state index contributed by atoms with van der Waals surface area (Å²) in [5.74, 6) is -0.610. The van der Waals surface area contributed by atoms with Crippen LogP contribution < -0.4 is 16.2 Å². The number of hydrazine groups is 1. The van der Waals surface area contributed by atoms with E-state index >= 15 is 0 Å². The standard InChI is InChI=1S/C14H11ClN4O3S/c15-11-6-1-2-7-12(11)18(14(16)23)17-13(20)9-4-3-5-10(8-9)19(21)22/h1-8H,(H2,16,23)(H,17,20). The number of hydrogen-bond acceptors (Lipinski definition) is 4. The van der Waals surface area contributed by atoms with Crippen molar-refractivity contribution >= 4 is 46.2 Å². The molecule has 1 amide bonds. The fourth-order valence-corrected chi connectivity index (χ4v) is 2.16. The Hall–Kier alpha value is -2.71. The van der Waals surface area contributed by atoms with Crippen LogP contribution in [0.25, 0.3) is 0 Å². The minimum atomic E-state index is -0.610. The summed E-state index contributed by atoms with van der Waals surface area (Å²) >= 11 is 11.0. The molecule has 0 aliphatic heterocycles. The average Bonchev–Trinajstić information content (AvgIpc) is 2.53. The van der Waals surface area contributed by atoms with Gasteiger partial charge in [-0.2, -0.15) is 0 Å². The molecule has 0 saturated carbocycles. The van der Waals surface area contributed by atoms with Gasteiger partial charge < -0.3 is 5.73 Å². The van der Waals surface area contributed by atoms with E-state index in [1.54, 1.807) is 24.3 Å². The lowest BCUT2D eigenvalue weighted by Gasteiger charge is -2.24. The van der Waals surface area contributed by atoms with Crippen LogP contribution in [0.15, 0.2) is 48.5 Å². The Labute approximate surface area is 141 Å². The molecule has 2 aromatic rings. The fourth-order valence-electron chi connectivity index (χ4n) is 1.79. The van der Waals surface area contributed by atoms with Gasteiger partial charge in [0.25, 0.3) is 11.6 Å². The first-order valence-electron chi connectivity index (χ1n) is 6.29. The number of nitrogens with one attached hydrogen (secondary N) is 1. The number of halogens is 1. The maximum Gasteiger partial charge on any atom is 0.270 e. The van der Waals surface area contributed by atoms with Gasteiger partial charge in [0.1, 0.15) is 0 Å². The Morgan fingerprint density at radius 3 is 2.57 bits per heavy atom. The number of carbonyl (C=O) groups is 1. The third kappa shape index (κ3) is 3.93. The lowest BCUT2D eigenvalue weighted by Crippen LogP contribution is -2.49. The van der Waals surface area contributed by atoms with Gasteiger partial charge in [-0.25, -0.2) is 5.01 Å². The van der Waals surface area contributed by atoms with Gasteiger partial charge in [-0.05, 0) is 30.4 Å². The second kappa shape index (κ2) is 7.03. The van der Waals surface area contributed by atoms with Gasteiger partial charge in [-0.15, -0.1) is 0 Å². The number of amides is 1. The van der Waals surface area contributed by atoms with Crippen LogP contribution >= 0.6 is 23.8 Å². The number of nitro benzene ring substituents is 1. The second-order valence-corrected chi connectivity index (χ2v) is 5.20. The summed E-state index contributed by atoms with van der Waals surface area (Å²) in [5, 5.41) is 12.1. The minimum Gasteiger partial charge on any atom is -0.374 e. The molecule has 2 rings (SSSR count). The summed E-state index contributed by atoms with van der Waals surface area (Å²) < 4.78 is 0. The number of non-ortho nitro benzene ring substituents is 1. The third-order valence-electron chi connectivity index (χ3n) is 2.85. The number of thiocarbonyl (C=S) groups is 1. The lowest BCUT2D eigenvalue weighted by atomic mass is 10.2. The topological polar surface area (TPSA) is 102 Å². The van der Waals surface area contributed by atoms with Crippen molar-refractivity contribution in [2.45, 2.75) is 0 Å². The summed E-state index contributed by atoms with van der Waals surface area (Å²) in [6.45, 7) is 0. The highest BCUT2D eigenvalue weighted by Crippen LogP contribution is 2.24. The number of nitrogens with zero attached hydrogens (tertiary/aromatic N) is 2. The van der Waals surface area contributed by atoms with Crippen LogP contribution in [0.2, 0.25) is 5.02 Å². The van der Waals surface area contributed by atoms with Crippen molar-refractivity contribution in [3.05, 3.63) is 69.2 Å². The van der Waals surface area contributed by atoms with Crippen molar-refractivity contribution < 1.29 is 9.72 Å². The molecule has 0 atom stereocenters. The lowest BCUT2D eigenvalue weighted by molar-refractivity contribution is -0.384. The predicted molar refractivity (Wildman–Crippen MR) is 91.3 cm³/mol. The quantitative estimate of drug-likeness (QED) is 0.501. The number of hydrogen-bond donors (Lipinski definition) is 2. The van der Waals surface area contributed by atoms with Crippen LogP contribution in [0.1, 0.15) is 10.4 Å². The molecule has 7 nitrogen and oxygen atoms in total. The first-order valence-corrected chi connectivity index (χ1v) is 7.08. The maximum atomic E-state index is 12.3. The molecule has 0 aliphatic carbocycles. The number of para-hydroxylation sites is 1. The van der Waals surface area contributed by atoms with E-state index in [9.17, 15) is 14.9 Å². The molecule has 0 bridgehead atoms. The van der Waals surface area contributed by atoms with Crippen molar-refractivity contribution in [1.82, 2.24) is 5.43 Å². The third-order valence-corrected chi connectivity index (χ3v) is 3.35. The van der Waals surface area contributed by atoms with E-state index in [0.717, 1.165) is 11.1 Å². The van der Waals surface area contributed by atoms with Crippen molar-refractivity contribution in [3.63, 3.8) is 0 Å². The van der Waals surface area contributed by atoms with E-state index < -0.39 is 10.8 Å². The largest absolute Gasteiger partial charge is 0.374 e. The van der Waals surface area contributed by atoms with E-state index in [2.05, 4.69) is 5.43 Å². The highest BCUT2D eigenvalue weighted by atomic mass is 35.5. The summed E-state index contributed by atoms with van der Waals surface area (Å²) in [7, 11) is 0. The van der Waals surface area contributed by atoms with E-state index in [0.29, 0.717) is 10.7 Å². The van der Waals surface area contributed by atoms with Crippen LogP contribution in [0, 0.1) is 10.1 Å². The highest BCUT2D eigenvalue weighted by Gasteiger charge is 2.18. The molecule has 0 saturated heterocycles.